The lowest BCUT2D eigenvalue weighted by Crippen LogP contribution is -2.51. The van der Waals surface area contributed by atoms with Crippen molar-refractivity contribution in [3.8, 4) is 17.6 Å². The number of methoxy groups -OCH3 is 1. The van der Waals surface area contributed by atoms with Gasteiger partial charge in [0.05, 0.1) is 12.7 Å². The Kier molecular flexibility index (Phi) is 3.41. The second-order valence-corrected chi connectivity index (χ2v) is 4.49. The molecule has 1 aliphatic rings. The summed E-state index contributed by atoms with van der Waals surface area (Å²) in [5.41, 5.74) is 0.406. The lowest BCUT2D eigenvalue weighted by molar-refractivity contribution is 0.0367. The summed E-state index contributed by atoms with van der Waals surface area (Å²) in [5, 5.41) is 9.53. The molecule has 0 atom stereocenters. The molecule has 0 spiro atoms. The minimum absolute atomic E-state index is 0.113. The largest absolute Gasteiger partial charge is 0.493 e. The molecule has 1 aromatic carbocycles. The van der Waals surface area contributed by atoms with Gasteiger partial charge >= 0.3 is 0 Å². The fourth-order valence-electron chi connectivity index (χ4n) is 1.81. The van der Waals surface area contributed by atoms with Crippen molar-refractivity contribution in [2.45, 2.75) is 6.10 Å². The molecule has 0 radical (unpaired) electrons. The van der Waals surface area contributed by atoms with Crippen molar-refractivity contribution >= 4 is 11.6 Å². The first-order valence-electron chi connectivity index (χ1n) is 5.27. The SMILES string of the molecule is COc1cc(Cl)cc(C#N)c1OC1CN(C)C1. The van der Waals surface area contributed by atoms with Gasteiger partial charge in [-0.3, -0.25) is 4.90 Å². The fourth-order valence-corrected chi connectivity index (χ4v) is 2.02. The van der Waals surface area contributed by atoms with Crippen LogP contribution < -0.4 is 9.47 Å². The molecule has 0 saturated carbocycles. The monoisotopic (exact) mass is 252 g/mol. The summed E-state index contributed by atoms with van der Waals surface area (Å²) in [4.78, 5) is 2.14. The maximum absolute atomic E-state index is 9.06. The molecule has 1 aromatic rings. The Labute approximate surface area is 105 Å². The predicted octanol–water partition coefficient (Wildman–Crippen LogP) is 1.91. The van der Waals surface area contributed by atoms with Gasteiger partial charge in [0.2, 0.25) is 0 Å². The zero-order valence-corrected chi connectivity index (χ0v) is 10.5. The number of nitriles is 1. The van der Waals surface area contributed by atoms with E-state index in [4.69, 9.17) is 26.3 Å². The molecular weight excluding hydrogens is 240 g/mol. The van der Waals surface area contributed by atoms with Crippen molar-refractivity contribution in [3.05, 3.63) is 22.7 Å². The molecule has 0 aliphatic carbocycles. The van der Waals surface area contributed by atoms with Crippen LogP contribution >= 0.6 is 11.6 Å². The average molecular weight is 253 g/mol. The first kappa shape index (κ1) is 12.0. The minimum atomic E-state index is 0.113. The van der Waals surface area contributed by atoms with E-state index in [0.29, 0.717) is 22.1 Å². The van der Waals surface area contributed by atoms with E-state index in [2.05, 4.69) is 11.0 Å². The molecule has 17 heavy (non-hydrogen) atoms. The molecule has 0 unspecified atom stereocenters. The number of rotatable bonds is 3. The molecule has 90 valence electrons. The molecule has 2 rings (SSSR count). The highest BCUT2D eigenvalue weighted by Gasteiger charge is 2.27. The molecule has 1 heterocycles. The molecule has 0 aromatic heterocycles. The highest BCUT2D eigenvalue weighted by atomic mass is 35.5. The quantitative estimate of drug-likeness (QED) is 0.825. The Hall–Kier alpha value is -1.44. The molecule has 1 saturated heterocycles. The number of likely N-dealkylation sites (N-methyl/N-ethyl adjacent to an activating group) is 1. The minimum Gasteiger partial charge on any atom is -0.493 e. The van der Waals surface area contributed by atoms with E-state index in [0.717, 1.165) is 13.1 Å². The van der Waals surface area contributed by atoms with Crippen LogP contribution in [0.25, 0.3) is 0 Å². The van der Waals surface area contributed by atoms with Crippen LogP contribution in [0.3, 0.4) is 0 Å². The van der Waals surface area contributed by atoms with Gasteiger partial charge in [0, 0.05) is 24.2 Å². The standard InChI is InChI=1S/C12H13ClN2O2/c1-15-6-10(7-15)17-12-8(5-14)3-9(13)4-11(12)16-2/h3-4,10H,6-7H2,1-2H3. The van der Waals surface area contributed by atoms with E-state index in [-0.39, 0.29) is 6.10 Å². The van der Waals surface area contributed by atoms with Crippen molar-refractivity contribution in [3.63, 3.8) is 0 Å². The Morgan fingerprint density at radius 1 is 1.47 bits per heavy atom. The van der Waals surface area contributed by atoms with Crippen LogP contribution in [0.15, 0.2) is 12.1 Å². The van der Waals surface area contributed by atoms with Gasteiger partial charge in [0.25, 0.3) is 0 Å². The van der Waals surface area contributed by atoms with E-state index in [1.807, 2.05) is 7.05 Å². The summed E-state index contributed by atoms with van der Waals surface area (Å²) in [6.07, 6.45) is 0.113. The first-order chi connectivity index (χ1) is 8.13. The van der Waals surface area contributed by atoms with Gasteiger partial charge < -0.3 is 9.47 Å². The highest BCUT2D eigenvalue weighted by Crippen LogP contribution is 2.35. The maximum atomic E-state index is 9.06. The number of nitrogens with zero attached hydrogens (tertiary/aromatic N) is 2. The van der Waals surface area contributed by atoms with Crippen molar-refractivity contribution in [1.82, 2.24) is 4.90 Å². The highest BCUT2D eigenvalue weighted by molar-refractivity contribution is 6.30. The smallest absolute Gasteiger partial charge is 0.179 e. The summed E-state index contributed by atoms with van der Waals surface area (Å²) < 4.78 is 11.0. The van der Waals surface area contributed by atoms with Crippen LogP contribution in [0, 0.1) is 11.3 Å². The number of hydrogen-bond donors (Lipinski definition) is 0. The van der Waals surface area contributed by atoms with Gasteiger partial charge in [-0.2, -0.15) is 5.26 Å². The number of hydrogen-bond acceptors (Lipinski definition) is 4. The van der Waals surface area contributed by atoms with Crippen LogP contribution in [0.5, 0.6) is 11.5 Å². The van der Waals surface area contributed by atoms with Crippen LogP contribution in [0.1, 0.15) is 5.56 Å². The molecule has 4 nitrogen and oxygen atoms in total. The van der Waals surface area contributed by atoms with E-state index in [9.17, 15) is 0 Å². The zero-order chi connectivity index (χ0) is 12.4. The summed E-state index contributed by atoms with van der Waals surface area (Å²) in [6.45, 7) is 1.72. The molecular formula is C12H13ClN2O2. The van der Waals surface area contributed by atoms with Crippen LogP contribution in [-0.4, -0.2) is 38.3 Å². The number of likely N-dealkylation sites (tertiary alicyclic amines) is 1. The average Bonchev–Trinajstić information content (AvgIpc) is 2.28. The Morgan fingerprint density at radius 2 is 2.18 bits per heavy atom. The van der Waals surface area contributed by atoms with Crippen molar-refractivity contribution < 1.29 is 9.47 Å². The van der Waals surface area contributed by atoms with Crippen molar-refractivity contribution in [2.24, 2.45) is 0 Å². The van der Waals surface area contributed by atoms with E-state index in [1.165, 1.54) is 7.11 Å². The van der Waals surface area contributed by atoms with Crippen LogP contribution in [0.2, 0.25) is 5.02 Å². The molecule has 0 bridgehead atoms. The Morgan fingerprint density at radius 3 is 2.71 bits per heavy atom. The summed E-state index contributed by atoms with van der Waals surface area (Å²) in [6, 6.07) is 5.31. The zero-order valence-electron chi connectivity index (χ0n) is 9.74. The normalized spacial score (nSPS) is 16.1. The summed E-state index contributed by atoms with van der Waals surface area (Å²) >= 11 is 5.89. The Bertz CT molecular complexity index is 464. The topological polar surface area (TPSA) is 45.5 Å². The van der Waals surface area contributed by atoms with Gasteiger partial charge in [-0.25, -0.2) is 0 Å². The van der Waals surface area contributed by atoms with E-state index < -0.39 is 0 Å². The molecule has 0 N–H and O–H groups in total. The third-order valence-electron chi connectivity index (χ3n) is 2.68. The molecule has 1 aliphatic heterocycles. The lowest BCUT2D eigenvalue weighted by atomic mass is 10.1. The Balaban J connectivity index is 2.27. The van der Waals surface area contributed by atoms with E-state index in [1.54, 1.807) is 12.1 Å². The molecule has 0 amide bonds. The number of ether oxygens (including phenoxy) is 2. The van der Waals surface area contributed by atoms with Gasteiger partial charge in [-0.1, -0.05) is 11.6 Å². The van der Waals surface area contributed by atoms with Gasteiger partial charge in [0.1, 0.15) is 12.2 Å². The third kappa shape index (κ3) is 2.46. The number of benzene rings is 1. The van der Waals surface area contributed by atoms with Gasteiger partial charge in [-0.05, 0) is 13.1 Å². The van der Waals surface area contributed by atoms with Gasteiger partial charge in [-0.15, -0.1) is 0 Å². The predicted molar refractivity (Wildman–Crippen MR) is 64.6 cm³/mol. The second kappa shape index (κ2) is 4.82. The molecule has 5 heteroatoms. The van der Waals surface area contributed by atoms with Crippen molar-refractivity contribution in [1.29, 1.82) is 5.26 Å². The lowest BCUT2D eigenvalue weighted by Gasteiger charge is -2.36. The molecule has 1 fully saturated rings. The van der Waals surface area contributed by atoms with Gasteiger partial charge in [0.15, 0.2) is 11.5 Å². The fraction of sp³-hybridized carbons (Fsp3) is 0.417. The maximum Gasteiger partial charge on any atom is 0.179 e. The van der Waals surface area contributed by atoms with Crippen LogP contribution in [-0.2, 0) is 0 Å². The second-order valence-electron chi connectivity index (χ2n) is 4.06. The number of halogens is 1. The third-order valence-corrected chi connectivity index (χ3v) is 2.89. The summed E-state index contributed by atoms with van der Waals surface area (Å²) in [5.74, 6) is 0.987. The first-order valence-corrected chi connectivity index (χ1v) is 5.64. The van der Waals surface area contributed by atoms with E-state index >= 15 is 0 Å². The summed E-state index contributed by atoms with van der Waals surface area (Å²) in [7, 11) is 3.55. The van der Waals surface area contributed by atoms with Crippen molar-refractivity contribution in [2.75, 3.05) is 27.2 Å². The van der Waals surface area contributed by atoms with Crippen LogP contribution in [0.4, 0.5) is 0 Å².